The summed E-state index contributed by atoms with van der Waals surface area (Å²) in [6.45, 7) is 2.77. The van der Waals surface area contributed by atoms with Gasteiger partial charge in [-0.3, -0.25) is 0 Å². The van der Waals surface area contributed by atoms with Crippen LogP contribution in [0.15, 0.2) is 17.8 Å². The lowest BCUT2D eigenvalue weighted by Crippen LogP contribution is -2.20. The normalized spacial score (nSPS) is 20.4. The second-order valence-corrected chi connectivity index (χ2v) is 3.81. The number of rotatable bonds is 1. The summed E-state index contributed by atoms with van der Waals surface area (Å²) in [5, 5.41) is 6.04. The van der Waals surface area contributed by atoms with Crippen molar-refractivity contribution in [3.63, 3.8) is 0 Å². The van der Waals surface area contributed by atoms with Crippen molar-refractivity contribution in [1.82, 2.24) is 19.9 Å². The fourth-order valence-corrected chi connectivity index (χ4v) is 1.71. The molecule has 0 aromatic carbocycles. The number of H-pyrrole nitrogens is 1. The van der Waals surface area contributed by atoms with Crippen LogP contribution in [0.1, 0.15) is 6.92 Å². The Hall–Kier alpha value is -2.18. The van der Waals surface area contributed by atoms with E-state index in [9.17, 15) is 0 Å². The first kappa shape index (κ1) is 9.08. The number of amidine groups is 1. The van der Waals surface area contributed by atoms with Crippen molar-refractivity contribution in [2.45, 2.75) is 6.92 Å². The minimum absolute atomic E-state index is 0.243. The SMILES string of the molecule is CC1CN(c2ncnc3nc[nH]c23)N=C1N. The summed E-state index contributed by atoms with van der Waals surface area (Å²) in [6.07, 6.45) is 3.07. The van der Waals surface area contributed by atoms with Crippen LogP contribution in [0.3, 0.4) is 0 Å². The van der Waals surface area contributed by atoms with Crippen molar-refractivity contribution in [3.8, 4) is 0 Å². The summed E-state index contributed by atoms with van der Waals surface area (Å²) < 4.78 is 0. The number of hydrogen-bond acceptors (Lipinski definition) is 6. The molecule has 3 heterocycles. The Labute approximate surface area is 91.4 Å². The zero-order valence-corrected chi connectivity index (χ0v) is 8.75. The van der Waals surface area contributed by atoms with Gasteiger partial charge in [-0.15, -0.1) is 0 Å². The first-order valence-corrected chi connectivity index (χ1v) is 5.01. The second-order valence-electron chi connectivity index (χ2n) is 3.81. The summed E-state index contributed by atoms with van der Waals surface area (Å²) in [4.78, 5) is 15.3. The van der Waals surface area contributed by atoms with Crippen LogP contribution in [-0.2, 0) is 0 Å². The van der Waals surface area contributed by atoms with E-state index in [1.165, 1.54) is 6.33 Å². The number of aromatic nitrogens is 4. The lowest BCUT2D eigenvalue weighted by atomic mass is 10.2. The lowest BCUT2D eigenvalue weighted by molar-refractivity contribution is 0.765. The van der Waals surface area contributed by atoms with E-state index in [0.717, 1.165) is 17.9 Å². The van der Waals surface area contributed by atoms with Gasteiger partial charge in [0.15, 0.2) is 11.5 Å². The molecule has 7 heteroatoms. The molecule has 0 saturated carbocycles. The molecule has 0 fully saturated rings. The Balaban J connectivity index is 2.10. The molecule has 3 N–H and O–H groups in total. The molecule has 1 aliphatic heterocycles. The second kappa shape index (κ2) is 3.16. The summed E-state index contributed by atoms with van der Waals surface area (Å²) in [5.74, 6) is 1.59. The van der Waals surface area contributed by atoms with Gasteiger partial charge in [0.05, 0.1) is 12.9 Å². The largest absolute Gasteiger partial charge is 0.385 e. The molecule has 16 heavy (non-hydrogen) atoms. The molecule has 1 aliphatic rings. The van der Waals surface area contributed by atoms with E-state index >= 15 is 0 Å². The first-order chi connectivity index (χ1) is 7.75. The minimum atomic E-state index is 0.243. The summed E-state index contributed by atoms with van der Waals surface area (Å²) >= 11 is 0. The van der Waals surface area contributed by atoms with Gasteiger partial charge in [-0.2, -0.15) is 5.10 Å². The average Bonchev–Trinajstić information content (AvgIpc) is 2.85. The fourth-order valence-electron chi connectivity index (χ4n) is 1.71. The van der Waals surface area contributed by atoms with Crippen LogP contribution in [0.4, 0.5) is 5.82 Å². The third kappa shape index (κ3) is 1.21. The molecule has 2 aromatic heterocycles. The number of fused-ring (bicyclic) bond motifs is 1. The van der Waals surface area contributed by atoms with E-state index in [4.69, 9.17) is 5.73 Å². The van der Waals surface area contributed by atoms with Gasteiger partial charge in [-0.05, 0) is 0 Å². The Bertz CT molecular complexity index is 558. The van der Waals surface area contributed by atoms with Crippen LogP contribution in [-0.4, -0.2) is 32.3 Å². The Morgan fingerprint density at radius 2 is 2.31 bits per heavy atom. The zero-order chi connectivity index (χ0) is 11.1. The van der Waals surface area contributed by atoms with Crippen LogP contribution in [0.25, 0.3) is 11.2 Å². The summed E-state index contributed by atoms with van der Waals surface area (Å²) in [5.41, 5.74) is 7.19. The van der Waals surface area contributed by atoms with Gasteiger partial charge in [0.2, 0.25) is 0 Å². The van der Waals surface area contributed by atoms with E-state index < -0.39 is 0 Å². The quantitative estimate of drug-likeness (QED) is 0.705. The van der Waals surface area contributed by atoms with Gasteiger partial charge >= 0.3 is 0 Å². The standard InChI is InChI=1S/C9H11N7/c1-5-2-16(15-7(5)10)9-6-8(12-3-11-6)13-4-14-9/h3-5H,2H2,1H3,(H2,10,15)(H,11,12,13,14). The smallest absolute Gasteiger partial charge is 0.182 e. The van der Waals surface area contributed by atoms with Crippen LogP contribution in [0.5, 0.6) is 0 Å². The van der Waals surface area contributed by atoms with Crippen molar-refractivity contribution < 1.29 is 0 Å². The Morgan fingerprint density at radius 1 is 1.44 bits per heavy atom. The predicted octanol–water partition coefficient (Wildman–Crippen LogP) is 0.0812. The molecular formula is C9H11N7. The third-order valence-electron chi connectivity index (χ3n) is 2.64. The number of nitrogens with zero attached hydrogens (tertiary/aromatic N) is 5. The predicted molar refractivity (Wildman–Crippen MR) is 59.8 cm³/mol. The number of hydrogen-bond donors (Lipinski definition) is 2. The molecule has 82 valence electrons. The maximum atomic E-state index is 5.76. The minimum Gasteiger partial charge on any atom is -0.385 e. The molecule has 1 atom stereocenters. The number of imidazole rings is 1. The van der Waals surface area contributed by atoms with Crippen molar-refractivity contribution in [1.29, 1.82) is 0 Å². The number of aromatic amines is 1. The van der Waals surface area contributed by atoms with Crippen LogP contribution >= 0.6 is 0 Å². The molecule has 0 radical (unpaired) electrons. The lowest BCUT2D eigenvalue weighted by Gasteiger charge is -2.12. The zero-order valence-electron chi connectivity index (χ0n) is 8.75. The molecule has 0 bridgehead atoms. The van der Waals surface area contributed by atoms with Crippen molar-refractivity contribution in [2.24, 2.45) is 16.8 Å². The maximum absolute atomic E-state index is 5.76. The van der Waals surface area contributed by atoms with Crippen LogP contribution < -0.4 is 10.7 Å². The van der Waals surface area contributed by atoms with Crippen molar-refractivity contribution >= 4 is 22.8 Å². The van der Waals surface area contributed by atoms with Gasteiger partial charge in [0, 0.05) is 5.92 Å². The molecule has 1 unspecified atom stereocenters. The van der Waals surface area contributed by atoms with Gasteiger partial charge in [0.25, 0.3) is 0 Å². The number of anilines is 1. The van der Waals surface area contributed by atoms with Gasteiger partial charge in [-0.25, -0.2) is 20.0 Å². The fraction of sp³-hybridized carbons (Fsp3) is 0.333. The van der Waals surface area contributed by atoms with E-state index in [-0.39, 0.29) is 5.92 Å². The average molecular weight is 217 g/mol. The number of nitrogens with two attached hydrogens (primary N) is 1. The molecular weight excluding hydrogens is 206 g/mol. The van der Waals surface area contributed by atoms with Crippen LogP contribution in [0.2, 0.25) is 0 Å². The van der Waals surface area contributed by atoms with Gasteiger partial charge in [0.1, 0.15) is 17.7 Å². The maximum Gasteiger partial charge on any atom is 0.182 e. The molecule has 7 nitrogen and oxygen atoms in total. The first-order valence-electron chi connectivity index (χ1n) is 5.01. The monoisotopic (exact) mass is 217 g/mol. The number of hydrazone groups is 1. The highest BCUT2D eigenvalue weighted by molar-refractivity contribution is 5.89. The third-order valence-corrected chi connectivity index (χ3v) is 2.64. The highest BCUT2D eigenvalue weighted by atomic mass is 15.5. The van der Waals surface area contributed by atoms with E-state index in [1.54, 1.807) is 11.3 Å². The van der Waals surface area contributed by atoms with Gasteiger partial charge < -0.3 is 10.7 Å². The summed E-state index contributed by atoms with van der Waals surface area (Å²) in [7, 11) is 0. The Morgan fingerprint density at radius 3 is 3.06 bits per heavy atom. The highest BCUT2D eigenvalue weighted by Gasteiger charge is 2.24. The van der Waals surface area contributed by atoms with Crippen molar-refractivity contribution in [2.75, 3.05) is 11.6 Å². The molecule has 3 rings (SSSR count). The summed E-state index contributed by atoms with van der Waals surface area (Å²) in [6, 6.07) is 0. The molecule has 0 saturated heterocycles. The number of nitrogens with one attached hydrogen (secondary N) is 1. The van der Waals surface area contributed by atoms with Gasteiger partial charge in [-0.1, -0.05) is 6.92 Å². The highest BCUT2D eigenvalue weighted by Crippen LogP contribution is 2.23. The van der Waals surface area contributed by atoms with Crippen molar-refractivity contribution in [3.05, 3.63) is 12.7 Å². The molecule has 0 aliphatic carbocycles. The molecule has 2 aromatic rings. The molecule has 0 amide bonds. The topological polar surface area (TPSA) is 96.1 Å². The van der Waals surface area contributed by atoms with E-state index in [0.29, 0.717) is 11.5 Å². The van der Waals surface area contributed by atoms with E-state index in [1.807, 2.05) is 6.92 Å². The Kier molecular flexibility index (Phi) is 1.79. The van der Waals surface area contributed by atoms with E-state index in [2.05, 4.69) is 25.0 Å². The van der Waals surface area contributed by atoms with Crippen LogP contribution in [0, 0.1) is 5.92 Å². The molecule has 0 spiro atoms.